The number of carbonyl (C=O) groups is 1. The van der Waals surface area contributed by atoms with Crippen molar-refractivity contribution in [3.63, 3.8) is 0 Å². The minimum atomic E-state index is -0.480. The second-order valence-corrected chi connectivity index (χ2v) is 2.14. The van der Waals surface area contributed by atoms with Gasteiger partial charge < -0.3 is 9.94 Å². The Bertz CT molecular complexity index is 188. The maximum absolute atomic E-state index is 10.5. The Balaban J connectivity index is 4.00. The highest BCUT2D eigenvalue weighted by molar-refractivity contribution is 9.09. The van der Waals surface area contributed by atoms with E-state index in [0.29, 0.717) is 11.0 Å². The molecule has 0 aromatic carbocycles. The number of hydrogen-bond donors (Lipinski definition) is 1. The zero-order valence-electron chi connectivity index (χ0n) is 5.95. The Kier molecular flexibility index (Phi) is 5.46. The lowest BCUT2D eigenvalue weighted by atomic mass is 10.4. The first kappa shape index (κ1) is 10.2. The number of alkyl halides is 1. The number of nitrogens with zero attached hydrogens (tertiary/aromatic N) is 1. The molecule has 0 aliphatic carbocycles. The van der Waals surface area contributed by atoms with E-state index in [1.807, 2.05) is 0 Å². The summed E-state index contributed by atoms with van der Waals surface area (Å²) in [6.45, 7) is 0. The second kappa shape index (κ2) is 5.91. The molecule has 62 valence electrons. The molecule has 0 amide bonds. The molecule has 0 aliphatic heterocycles. The predicted octanol–water partition coefficient (Wildman–Crippen LogP) is 0.941. The quantitative estimate of drug-likeness (QED) is 0.193. The monoisotopic (exact) mass is 221 g/mol. The van der Waals surface area contributed by atoms with Crippen LogP contribution in [0.3, 0.4) is 0 Å². The van der Waals surface area contributed by atoms with Gasteiger partial charge in [0.25, 0.3) is 0 Å². The SMILES string of the molecule is COC(=O)/C=C/C(CBr)=N/O. The van der Waals surface area contributed by atoms with Crippen molar-refractivity contribution < 1.29 is 14.7 Å². The molecule has 0 aromatic heterocycles. The van der Waals surface area contributed by atoms with Gasteiger partial charge in [0.2, 0.25) is 0 Å². The molecule has 0 spiro atoms. The van der Waals surface area contributed by atoms with Crippen molar-refractivity contribution in [3.05, 3.63) is 12.2 Å². The topological polar surface area (TPSA) is 58.9 Å². The van der Waals surface area contributed by atoms with Crippen molar-refractivity contribution >= 4 is 27.6 Å². The number of esters is 1. The van der Waals surface area contributed by atoms with Gasteiger partial charge in [-0.2, -0.15) is 0 Å². The third kappa shape index (κ3) is 4.55. The number of rotatable bonds is 3. The Hall–Kier alpha value is -0.840. The van der Waals surface area contributed by atoms with E-state index >= 15 is 0 Å². The second-order valence-electron chi connectivity index (χ2n) is 1.58. The molecule has 1 N–H and O–H groups in total. The lowest BCUT2D eigenvalue weighted by Crippen LogP contribution is -1.99. The van der Waals surface area contributed by atoms with E-state index in [-0.39, 0.29) is 0 Å². The van der Waals surface area contributed by atoms with Gasteiger partial charge in [0.1, 0.15) is 0 Å². The van der Waals surface area contributed by atoms with Crippen LogP contribution < -0.4 is 0 Å². The molecule has 0 radical (unpaired) electrons. The summed E-state index contributed by atoms with van der Waals surface area (Å²) in [6.07, 6.45) is 2.54. The summed E-state index contributed by atoms with van der Waals surface area (Å²) >= 11 is 3.05. The molecule has 4 nitrogen and oxygen atoms in total. The summed E-state index contributed by atoms with van der Waals surface area (Å²) in [6, 6.07) is 0. The molecule has 0 unspecified atom stereocenters. The molecule has 0 saturated heterocycles. The molecule has 11 heavy (non-hydrogen) atoms. The summed E-state index contributed by atoms with van der Waals surface area (Å²) < 4.78 is 4.31. The fourth-order valence-corrected chi connectivity index (χ4v) is 0.636. The van der Waals surface area contributed by atoms with Crippen LogP contribution in [0.1, 0.15) is 0 Å². The first-order valence-corrected chi connectivity index (χ1v) is 3.89. The van der Waals surface area contributed by atoms with E-state index in [1.165, 1.54) is 19.3 Å². The van der Waals surface area contributed by atoms with Crippen molar-refractivity contribution in [1.82, 2.24) is 0 Å². The molecule has 0 aromatic rings. The average molecular weight is 222 g/mol. The highest BCUT2D eigenvalue weighted by Crippen LogP contribution is 1.88. The van der Waals surface area contributed by atoms with Gasteiger partial charge in [0, 0.05) is 11.4 Å². The van der Waals surface area contributed by atoms with Crippen LogP contribution in [-0.2, 0) is 9.53 Å². The molecule has 5 heteroatoms. The number of halogens is 1. The zero-order valence-corrected chi connectivity index (χ0v) is 7.54. The third-order valence-corrected chi connectivity index (χ3v) is 1.45. The maximum Gasteiger partial charge on any atom is 0.330 e. The van der Waals surface area contributed by atoms with E-state index < -0.39 is 5.97 Å². The summed E-state index contributed by atoms with van der Waals surface area (Å²) in [7, 11) is 1.27. The largest absolute Gasteiger partial charge is 0.466 e. The lowest BCUT2D eigenvalue weighted by molar-refractivity contribution is -0.134. The van der Waals surface area contributed by atoms with Gasteiger partial charge in [-0.1, -0.05) is 21.1 Å². The number of hydrogen-bond acceptors (Lipinski definition) is 4. The summed E-state index contributed by atoms with van der Waals surface area (Å²) in [4.78, 5) is 10.5. The smallest absolute Gasteiger partial charge is 0.330 e. The first-order valence-electron chi connectivity index (χ1n) is 2.77. The third-order valence-electron chi connectivity index (χ3n) is 0.878. The first-order chi connectivity index (χ1) is 5.24. The molecule has 0 heterocycles. The van der Waals surface area contributed by atoms with Crippen LogP contribution in [-0.4, -0.2) is 29.3 Å². The van der Waals surface area contributed by atoms with Crippen molar-refractivity contribution in [2.24, 2.45) is 5.16 Å². The molecular weight excluding hydrogens is 214 g/mol. The molecule has 0 aliphatic rings. The molecular formula is C6H8BrNO3. The number of carbonyl (C=O) groups excluding carboxylic acids is 1. The highest BCUT2D eigenvalue weighted by Gasteiger charge is 1.94. The molecule has 0 saturated carbocycles. The van der Waals surface area contributed by atoms with Gasteiger partial charge in [-0.25, -0.2) is 4.79 Å². The van der Waals surface area contributed by atoms with Gasteiger partial charge in [0.15, 0.2) is 0 Å². The van der Waals surface area contributed by atoms with Crippen molar-refractivity contribution in [2.75, 3.05) is 12.4 Å². The lowest BCUT2D eigenvalue weighted by Gasteiger charge is -1.90. The summed E-state index contributed by atoms with van der Waals surface area (Å²) in [5, 5.41) is 11.5. The Morgan fingerprint density at radius 1 is 1.73 bits per heavy atom. The Morgan fingerprint density at radius 2 is 2.36 bits per heavy atom. The molecule has 0 atom stereocenters. The van der Waals surface area contributed by atoms with Crippen molar-refractivity contribution in [2.45, 2.75) is 0 Å². The van der Waals surface area contributed by atoms with Crippen LogP contribution in [0.25, 0.3) is 0 Å². The minimum Gasteiger partial charge on any atom is -0.466 e. The zero-order chi connectivity index (χ0) is 8.69. The normalized spacial score (nSPS) is 12.0. The van der Waals surface area contributed by atoms with Crippen LogP contribution in [0, 0.1) is 0 Å². The van der Waals surface area contributed by atoms with E-state index in [4.69, 9.17) is 5.21 Å². The number of allylic oxidation sites excluding steroid dienone is 1. The van der Waals surface area contributed by atoms with Crippen LogP contribution in [0.5, 0.6) is 0 Å². The predicted molar refractivity (Wildman–Crippen MR) is 44.2 cm³/mol. The van der Waals surface area contributed by atoms with E-state index in [0.717, 1.165) is 0 Å². The minimum absolute atomic E-state index is 0.357. The fraction of sp³-hybridized carbons (Fsp3) is 0.333. The Morgan fingerprint density at radius 3 is 2.73 bits per heavy atom. The van der Waals surface area contributed by atoms with Crippen molar-refractivity contribution in [3.8, 4) is 0 Å². The van der Waals surface area contributed by atoms with E-state index in [2.05, 4.69) is 25.8 Å². The number of methoxy groups -OCH3 is 1. The highest BCUT2D eigenvalue weighted by atomic mass is 79.9. The van der Waals surface area contributed by atoms with Crippen molar-refractivity contribution in [1.29, 1.82) is 0 Å². The molecule has 0 rings (SSSR count). The van der Waals surface area contributed by atoms with Crippen LogP contribution >= 0.6 is 15.9 Å². The molecule has 0 bridgehead atoms. The average Bonchev–Trinajstić information content (AvgIpc) is 2.06. The maximum atomic E-state index is 10.5. The van der Waals surface area contributed by atoms with Crippen LogP contribution in [0.15, 0.2) is 17.3 Å². The standard InChI is InChI=1S/C6H8BrNO3/c1-11-6(9)3-2-5(4-7)8-10/h2-3,10H,4H2,1H3/b3-2+,8-5-. The van der Waals surface area contributed by atoms with Gasteiger partial charge in [-0.3, -0.25) is 0 Å². The fourth-order valence-electron chi connectivity index (χ4n) is 0.337. The van der Waals surface area contributed by atoms with Gasteiger partial charge >= 0.3 is 5.97 Å². The molecule has 0 fully saturated rings. The van der Waals surface area contributed by atoms with Crippen LogP contribution in [0.4, 0.5) is 0 Å². The number of ether oxygens (including phenoxy) is 1. The van der Waals surface area contributed by atoms with E-state index in [9.17, 15) is 4.79 Å². The van der Waals surface area contributed by atoms with Crippen LogP contribution in [0.2, 0.25) is 0 Å². The van der Waals surface area contributed by atoms with E-state index in [1.54, 1.807) is 0 Å². The van der Waals surface area contributed by atoms with Gasteiger partial charge in [0.05, 0.1) is 12.8 Å². The van der Waals surface area contributed by atoms with Gasteiger partial charge in [-0.05, 0) is 6.08 Å². The Labute approximate surface area is 72.7 Å². The summed E-state index contributed by atoms with van der Waals surface area (Å²) in [5.74, 6) is -0.480. The number of oxime groups is 1. The van der Waals surface area contributed by atoms with Gasteiger partial charge in [-0.15, -0.1) is 0 Å². The summed E-state index contributed by atoms with van der Waals surface area (Å²) in [5.41, 5.74) is 0.357.